The molecule has 174 valence electrons. The van der Waals surface area contributed by atoms with Crippen molar-refractivity contribution in [1.29, 1.82) is 0 Å². The lowest BCUT2D eigenvalue weighted by molar-refractivity contribution is -0.385. The van der Waals surface area contributed by atoms with Gasteiger partial charge in [-0.1, -0.05) is 12.1 Å². The number of hydrogen-bond acceptors (Lipinski definition) is 5. The van der Waals surface area contributed by atoms with Crippen molar-refractivity contribution in [3.8, 4) is 11.3 Å². The quantitative estimate of drug-likeness (QED) is 0.121. The van der Waals surface area contributed by atoms with Gasteiger partial charge in [-0.3, -0.25) is 14.9 Å². The highest BCUT2D eigenvalue weighted by molar-refractivity contribution is 6.32. The van der Waals surface area contributed by atoms with Gasteiger partial charge in [0.1, 0.15) is 17.2 Å². The van der Waals surface area contributed by atoms with Gasteiger partial charge in [0.2, 0.25) is 5.82 Å². The smallest absolute Gasteiger partial charge is 0.280 e. The summed E-state index contributed by atoms with van der Waals surface area (Å²) < 4.78 is 74.4. The van der Waals surface area contributed by atoms with E-state index in [2.05, 4.69) is 5.10 Å². The Labute approximate surface area is 187 Å². The first kappa shape index (κ1) is 22.8. The Bertz CT molecular complexity index is 1420. The minimum absolute atomic E-state index is 0.0714. The Morgan fingerprint density at radius 1 is 0.971 bits per heavy atom. The van der Waals surface area contributed by atoms with Gasteiger partial charge in [-0.15, -0.1) is 0 Å². The van der Waals surface area contributed by atoms with E-state index >= 15 is 0 Å². The molecule has 2 aromatic carbocycles. The van der Waals surface area contributed by atoms with Crippen molar-refractivity contribution in [2.45, 2.75) is 13.8 Å². The number of halogens is 5. The standard InChI is InChI=1S/C22H12F5N3O4/c1-9-3-4-11(7-14(9)30(32)33)15-6-5-12(34-15)8-13-10(2)28-29(22(13)31)21-19(26)17(24)16(23)18(25)20(21)27/h3-8H,1-2H3/b13-8-. The Morgan fingerprint density at radius 2 is 1.59 bits per heavy atom. The van der Waals surface area contributed by atoms with E-state index in [4.69, 9.17) is 4.42 Å². The minimum atomic E-state index is -2.36. The van der Waals surface area contributed by atoms with Crippen LogP contribution >= 0.6 is 0 Å². The lowest BCUT2D eigenvalue weighted by Crippen LogP contribution is -2.25. The molecule has 4 rings (SSSR count). The lowest BCUT2D eigenvalue weighted by atomic mass is 10.1. The predicted octanol–water partition coefficient (Wildman–Crippen LogP) is 5.66. The molecule has 12 heteroatoms. The molecule has 0 saturated heterocycles. The highest BCUT2D eigenvalue weighted by atomic mass is 19.2. The van der Waals surface area contributed by atoms with Crippen LogP contribution in [0.25, 0.3) is 17.4 Å². The molecule has 0 bridgehead atoms. The predicted molar refractivity (Wildman–Crippen MR) is 110 cm³/mol. The average molecular weight is 477 g/mol. The van der Waals surface area contributed by atoms with Crippen molar-refractivity contribution in [3.63, 3.8) is 0 Å². The van der Waals surface area contributed by atoms with Crippen LogP contribution in [0.5, 0.6) is 0 Å². The van der Waals surface area contributed by atoms with Crippen LogP contribution in [-0.4, -0.2) is 16.5 Å². The summed E-state index contributed by atoms with van der Waals surface area (Å²) in [7, 11) is 0. The molecule has 0 saturated carbocycles. The maximum atomic E-state index is 14.1. The van der Waals surface area contributed by atoms with E-state index in [-0.39, 0.29) is 33.5 Å². The third kappa shape index (κ3) is 3.62. The Balaban J connectivity index is 1.69. The third-order valence-corrected chi connectivity index (χ3v) is 5.06. The van der Waals surface area contributed by atoms with Crippen LogP contribution in [0.3, 0.4) is 0 Å². The summed E-state index contributed by atoms with van der Waals surface area (Å²) in [5, 5.41) is 14.9. The minimum Gasteiger partial charge on any atom is -0.457 e. The summed E-state index contributed by atoms with van der Waals surface area (Å²) >= 11 is 0. The molecule has 0 aliphatic carbocycles. The summed E-state index contributed by atoms with van der Waals surface area (Å²) in [6.07, 6.45) is 1.17. The number of furan rings is 1. The number of nitro groups is 1. The fourth-order valence-corrected chi connectivity index (χ4v) is 3.30. The van der Waals surface area contributed by atoms with Crippen molar-refractivity contribution in [1.82, 2.24) is 0 Å². The summed E-state index contributed by atoms with van der Waals surface area (Å²) in [5.74, 6) is -12.0. The number of carbonyl (C=O) groups is 1. The number of nitrogens with zero attached hydrogens (tertiary/aromatic N) is 3. The van der Waals surface area contributed by atoms with Gasteiger partial charge in [0.05, 0.1) is 16.2 Å². The van der Waals surface area contributed by atoms with Gasteiger partial charge in [0.25, 0.3) is 11.6 Å². The average Bonchev–Trinajstić information content (AvgIpc) is 3.37. The molecule has 1 amide bonds. The Morgan fingerprint density at radius 3 is 2.21 bits per heavy atom. The molecule has 7 nitrogen and oxygen atoms in total. The molecule has 0 N–H and O–H groups in total. The second kappa shape index (κ2) is 8.21. The largest absolute Gasteiger partial charge is 0.457 e. The van der Waals surface area contributed by atoms with E-state index in [0.29, 0.717) is 11.1 Å². The monoisotopic (exact) mass is 477 g/mol. The van der Waals surface area contributed by atoms with Gasteiger partial charge in [-0.05, 0) is 32.1 Å². The second-order valence-electron chi connectivity index (χ2n) is 7.24. The first-order valence-electron chi connectivity index (χ1n) is 9.49. The number of rotatable bonds is 4. The van der Waals surface area contributed by atoms with Crippen molar-refractivity contribution < 1.29 is 36.1 Å². The molecule has 1 aliphatic heterocycles. The Hall–Kier alpha value is -4.35. The van der Waals surface area contributed by atoms with E-state index < -0.39 is 45.6 Å². The molecule has 34 heavy (non-hydrogen) atoms. The zero-order chi connectivity index (χ0) is 24.9. The van der Waals surface area contributed by atoms with E-state index in [1.807, 2.05) is 0 Å². The number of amides is 1. The molecule has 2 heterocycles. The number of nitro benzene ring substituents is 1. The lowest BCUT2D eigenvalue weighted by Gasteiger charge is -2.14. The zero-order valence-corrected chi connectivity index (χ0v) is 17.3. The molecular formula is C22H12F5N3O4. The topological polar surface area (TPSA) is 89.0 Å². The van der Waals surface area contributed by atoms with Gasteiger partial charge >= 0.3 is 0 Å². The first-order valence-corrected chi connectivity index (χ1v) is 9.49. The van der Waals surface area contributed by atoms with Crippen molar-refractivity contribution in [2.24, 2.45) is 5.10 Å². The van der Waals surface area contributed by atoms with Crippen LogP contribution in [0, 0.1) is 46.1 Å². The molecule has 0 radical (unpaired) electrons. The SMILES string of the molecule is CC1=NN(c2c(F)c(F)c(F)c(F)c2F)C(=O)/C1=C\c1ccc(-c2ccc(C)c([N+](=O)[O-])c2)o1. The molecular weight excluding hydrogens is 465 g/mol. The molecule has 0 atom stereocenters. The summed E-state index contributed by atoms with van der Waals surface area (Å²) in [5.41, 5.74) is -1.09. The molecule has 1 aliphatic rings. The van der Waals surface area contributed by atoms with Crippen LogP contribution in [0.1, 0.15) is 18.2 Å². The van der Waals surface area contributed by atoms with Crippen LogP contribution in [0.4, 0.5) is 33.3 Å². The zero-order valence-electron chi connectivity index (χ0n) is 17.3. The molecule has 0 fully saturated rings. The number of aryl methyl sites for hydroxylation is 1. The van der Waals surface area contributed by atoms with Crippen molar-refractivity contribution in [2.75, 3.05) is 5.01 Å². The number of hydrazone groups is 1. The molecule has 1 aromatic heterocycles. The van der Waals surface area contributed by atoms with E-state index in [0.717, 1.165) is 0 Å². The highest BCUT2D eigenvalue weighted by Crippen LogP contribution is 2.34. The van der Waals surface area contributed by atoms with Gasteiger partial charge in [0, 0.05) is 17.2 Å². The van der Waals surface area contributed by atoms with Gasteiger partial charge in [-0.25, -0.2) is 22.0 Å². The molecule has 0 spiro atoms. The number of carbonyl (C=O) groups excluding carboxylic acids is 1. The molecule has 3 aromatic rings. The normalized spacial score (nSPS) is 14.8. The maximum absolute atomic E-state index is 14.1. The van der Waals surface area contributed by atoms with Crippen molar-refractivity contribution in [3.05, 3.63) is 86.4 Å². The first-order chi connectivity index (χ1) is 16.0. The number of benzene rings is 2. The van der Waals surface area contributed by atoms with Gasteiger partial charge in [-0.2, -0.15) is 10.1 Å². The van der Waals surface area contributed by atoms with Crippen LogP contribution in [-0.2, 0) is 4.79 Å². The number of anilines is 1. The van der Waals surface area contributed by atoms with E-state index in [1.165, 1.54) is 37.3 Å². The molecule has 0 unspecified atom stereocenters. The second-order valence-corrected chi connectivity index (χ2v) is 7.24. The van der Waals surface area contributed by atoms with E-state index in [1.54, 1.807) is 13.0 Å². The number of hydrogen-bond donors (Lipinski definition) is 0. The van der Waals surface area contributed by atoms with Crippen LogP contribution < -0.4 is 5.01 Å². The summed E-state index contributed by atoms with van der Waals surface area (Å²) in [6, 6.07) is 7.34. The van der Waals surface area contributed by atoms with Crippen LogP contribution in [0.15, 0.2) is 45.4 Å². The van der Waals surface area contributed by atoms with Crippen LogP contribution in [0.2, 0.25) is 0 Å². The van der Waals surface area contributed by atoms with Gasteiger partial charge in [0.15, 0.2) is 23.3 Å². The van der Waals surface area contributed by atoms with Crippen molar-refractivity contribution >= 4 is 29.1 Å². The summed E-state index contributed by atoms with van der Waals surface area (Å²) in [4.78, 5) is 23.3. The van der Waals surface area contributed by atoms with E-state index in [9.17, 15) is 36.9 Å². The fourth-order valence-electron chi connectivity index (χ4n) is 3.30. The maximum Gasteiger partial charge on any atom is 0.280 e. The highest BCUT2D eigenvalue weighted by Gasteiger charge is 2.37. The van der Waals surface area contributed by atoms with Gasteiger partial charge < -0.3 is 4.42 Å². The third-order valence-electron chi connectivity index (χ3n) is 5.06. The Kier molecular flexibility index (Phi) is 5.51. The fraction of sp³-hybridized carbons (Fsp3) is 0.0909. The summed E-state index contributed by atoms with van der Waals surface area (Å²) in [6.45, 7) is 2.87.